The molecule has 2 rings (SSSR count). The third-order valence-electron chi connectivity index (χ3n) is 4.60. The summed E-state index contributed by atoms with van der Waals surface area (Å²) < 4.78 is 0. The predicted molar refractivity (Wildman–Crippen MR) is 109 cm³/mol. The van der Waals surface area contributed by atoms with Crippen LogP contribution in [0.1, 0.15) is 50.3 Å². The number of hydrogen-bond acceptors (Lipinski definition) is 2. The van der Waals surface area contributed by atoms with Crippen LogP contribution in [0.5, 0.6) is 0 Å². The Bertz CT molecular complexity index is 472. The molecule has 2 N–H and O–H groups in total. The van der Waals surface area contributed by atoms with Crippen molar-refractivity contribution in [3.05, 3.63) is 29.6 Å². The molecule has 2 unspecified atom stereocenters. The molecule has 0 radical (unpaired) electrons. The second-order valence-corrected chi connectivity index (χ2v) is 6.34. The van der Waals surface area contributed by atoms with Gasteiger partial charge in [0.1, 0.15) is 0 Å². The van der Waals surface area contributed by atoms with Gasteiger partial charge in [-0.15, -0.1) is 24.0 Å². The number of aliphatic imine (C=N–C) groups is 1. The number of nitrogens with zero attached hydrogens (tertiary/aromatic N) is 2. The van der Waals surface area contributed by atoms with E-state index in [2.05, 4.69) is 39.7 Å². The van der Waals surface area contributed by atoms with E-state index in [4.69, 9.17) is 0 Å². The van der Waals surface area contributed by atoms with Crippen molar-refractivity contribution in [2.75, 3.05) is 13.6 Å². The first-order valence-electron chi connectivity index (χ1n) is 8.60. The maximum atomic E-state index is 4.36. The molecule has 0 spiro atoms. The number of halogens is 1. The third kappa shape index (κ3) is 7.06. The van der Waals surface area contributed by atoms with Crippen LogP contribution in [0.4, 0.5) is 0 Å². The van der Waals surface area contributed by atoms with Crippen LogP contribution in [0, 0.1) is 12.8 Å². The highest BCUT2D eigenvalue weighted by Crippen LogP contribution is 2.26. The molecule has 2 atom stereocenters. The predicted octanol–water partition coefficient (Wildman–Crippen LogP) is 3.68. The minimum atomic E-state index is 0. The summed E-state index contributed by atoms with van der Waals surface area (Å²) in [7, 11) is 1.85. The molecule has 1 aromatic rings. The van der Waals surface area contributed by atoms with Gasteiger partial charge in [-0.05, 0) is 43.7 Å². The number of rotatable bonds is 5. The van der Waals surface area contributed by atoms with Crippen molar-refractivity contribution in [2.45, 2.75) is 58.4 Å². The van der Waals surface area contributed by atoms with E-state index < -0.39 is 0 Å². The molecule has 1 heterocycles. The van der Waals surface area contributed by atoms with Crippen LogP contribution in [0.3, 0.4) is 0 Å². The molecule has 0 aromatic carbocycles. The number of pyridine rings is 1. The lowest BCUT2D eigenvalue weighted by Crippen LogP contribution is -2.45. The molecule has 4 nitrogen and oxygen atoms in total. The Labute approximate surface area is 158 Å². The smallest absolute Gasteiger partial charge is 0.191 e. The number of nitrogens with one attached hydrogen (secondary N) is 2. The zero-order valence-electron chi connectivity index (χ0n) is 14.6. The standard InChI is InChI=1S/C18H30N4.HI/c1-4-15-6-5-7-17(12-15)22-18(19-3)20-11-10-16-9-8-14(2)21-13-16;/h8-9,13,15,17H,4-7,10-12H2,1-3H3,(H2,19,20,22);1H. The minimum absolute atomic E-state index is 0. The quantitative estimate of drug-likeness (QED) is 0.426. The van der Waals surface area contributed by atoms with E-state index in [1.54, 1.807) is 0 Å². The van der Waals surface area contributed by atoms with Crippen molar-refractivity contribution in [3.63, 3.8) is 0 Å². The van der Waals surface area contributed by atoms with Crippen LogP contribution in [-0.2, 0) is 6.42 Å². The average Bonchev–Trinajstić information content (AvgIpc) is 2.56. The summed E-state index contributed by atoms with van der Waals surface area (Å²) in [6, 6.07) is 4.79. The summed E-state index contributed by atoms with van der Waals surface area (Å²) in [6.07, 6.45) is 9.49. The molecule has 0 saturated heterocycles. The van der Waals surface area contributed by atoms with Crippen LogP contribution in [0.2, 0.25) is 0 Å². The number of hydrogen-bond donors (Lipinski definition) is 2. The SMILES string of the molecule is CCC1CCCC(NC(=NC)NCCc2ccc(C)nc2)C1.I. The van der Waals surface area contributed by atoms with E-state index in [-0.39, 0.29) is 24.0 Å². The Morgan fingerprint density at radius 3 is 2.83 bits per heavy atom. The largest absolute Gasteiger partial charge is 0.356 e. The first kappa shape index (κ1) is 20.2. The van der Waals surface area contributed by atoms with Crippen LogP contribution in [0.15, 0.2) is 23.3 Å². The second kappa shape index (κ2) is 10.8. The Hall–Kier alpha value is -0.850. The van der Waals surface area contributed by atoms with Crippen molar-refractivity contribution >= 4 is 29.9 Å². The second-order valence-electron chi connectivity index (χ2n) is 6.34. The molecule has 0 bridgehead atoms. The zero-order chi connectivity index (χ0) is 15.8. The molecule has 130 valence electrons. The fourth-order valence-electron chi connectivity index (χ4n) is 3.15. The molecule has 1 aliphatic rings. The average molecular weight is 430 g/mol. The maximum absolute atomic E-state index is 4.36. The van der Waals surface area contributed by atoms with Gasteiger partial charge in [0.15, 0.2) is 5.96 Å². The molecule has 23 heavy (non-hydrogen) atoms. The van der Waals surface area contributed by atoms with Gasteiger partial charge in [0.05, 0.1) is 0 Å². The fraction of sp³-hybridized carbons (Fsp3) is 0.667. The summed E-state index contributed by atoms with van der Waals surface area (Å²) in [4.78, 5) is 8.69. The Kier molecular flexibility index (Phi) is 9.52. The number of aryl methyl sites for hydroxylation is 1. The lowest BCUT2D eigenvalue weighted by molar-refractivity contribution is 0.298. The first-order chi connectivity index (χ1) is 10.7. The highest BCUT2D eigenvalue weighted by Gasteiger charge is 2.21. The number of guanidine groups is 1. The fourth-order valence-corrected chi connectivity index (χ4v) is 3.15. The first-order valence-corrected chi connectivity index (χ1v) is 8.60. The van der Waals surface area contributed by atoms with Crippen LogP contribution in [-0.4, -0.2) is 30.6 Å². The van der Waals surface area contributed by atoms with Gasteiger partial charge < -0.3 is 10.6 Å². The molecule has 1 aliphatic carbocycles. The van der Waals surface area contributed by atoms with Crippen LogP contribution < -0.4 is 10.6 Å². The normalized spacial score (nSPS) is 21.4. The van der Waals surface area contributed by atoms with E-state index in [1.165, 1.54) is 37.7 Å². The van der Waals surface area contributed by atoms with Gasteiger partial charge in [-0.25, -0.2) is 0 Å². The summed E-state index contributed by atoms with van der Waals surface area (Å²) in [5, 5.41) is 7.01. The van der Waals surface area contributed by atoms with Gasteiger partial charge in [0.2, 0.25) is 0 Å². The highest BCUT2D eigenvalue weighted by molar-refractivity contribution is 14.0. The molecule has 1 saturated carbocycles. The number of aromatic nitrogens is 1. The van der Waals surface area contributed by atoms with E-state index >= 15 is 0 Å². The lowest BCUT2D eigenvalue weighted by atomic mass is 9.84. The lowest BCUT2D eigenvalue weighted by Gasteiger charge is -2.30. The Morgan fingerprint density at radius 2 is 2.17 bits per heavy atom. The van der Waals surface area contributed by atoms with Gasteiger partial charge in [0, 0.05) is 31.5 Å². The van der Waals surface area contributed by atoms with Crippen LogP contribution in [0.25, 0.3) is 0 Å². The van der Waals surface area contributed by atoms with Crippen molar-refractivity contribution in [1.29, 1.82) is 0 Å². The van der Waals surface area contributed by atoms with Gasteiger partial charge in [-0.1, -0.05) is 32.3 Å². The Morgan fingerprint density at radius 1 is 1.35 bits per heavy atom. The molecule has 5 heteroatoms. The van der Waals surface area contributed by atoms with Gasteiger partial charge in [0.25, 0.3) is 0 Å². The van der Waals surface area contributed by atoms with Crippen LogP contribution >= 0.6 is 24.0 Å². The van der Waals surface area contributed by atoms with Gasteiger partial charge in [-0.2, -0.15) is 0 Å². The summed E-state index contributed by atoms with van der Waals surface area (Å²) in [5.41, 5.74) is 2.33. The summed E-state index contributed by atoms with van der Waals surface area (Å²) in [6.45, 7) is 5.20. The van der Waals surface area contributed by atoms with E-state index in [0.717, 1.165) is 30.5 Å². The van der Waals surface area contributed by atoms with Gasteiger partial charge >= 0.3 is 0 Å². The minimum Gasteiger partial charge on any atom is -0.356 e. The molecule has 1 fully saturated rings. The van der Waals surface area contributed by atoms with Crippen molar-refractivity contribution in [2.24, 2.45) is 10.9 Å². The highest BCUT2D eigenvalue weighted by atomic mass is 127. The molecular weight excluding hydrogens is 399 g/mol. The topological polar surface area (TPSA) is 49.3 Å². The van der Waals surface area contributed by atoms with Crippen molar-refractivity contribution in [3.8, 4) is 0 Å². The van der Waals surface area contributed by atoms with E-state index in [1.807, 2.05) is 20.2 Å². The Balaban J connectivity index is 0.00000264. The molecule has 0 aliphatic heterocycles. The molecule has 0 amide bonds. The third-order valence-corrected chi connectivity index (χ3v) is 4.60. The zero-order valence-corrected chi connectivity index (χ0v) is 17.0. The molecule has 1 aromatic heterocycles. The van der Waals surface area contributed by atoms with Gasteiger partial charge in [-0.3, -0.25) is 9.98 Å². The summed E-state index contributed by atoms with van der Waals surface area (Å²) >= 11 is 0. The molecular formula is C18H31IN4. The summed E-state index contributed by atoms with van der Waals surface area (Å²) in [5.74, 6) is 1.81. The monoisotopic (exact) mass is 430 g/mol. The maximum Gasteiger partial charge on any atom is 0.191 e. The van der Waals surface area contributed by atoms with E-state index in [0.29, 0.717) is 6.04 Å². The van der Waals surface area contributed by atoms with Crippen molar-refractivity contribution < 1.29 is 0 Å². The van der Waals surface area contributed by atoms with Crippen molar-refractivity contribution in [1.82, 2.24) is 15.6 Å². The van der Waals surface area contributed by atoms with E-state index in [9.17, 15) is 0 Å².